The number of carbonyl (C=O) groups is 1. The normalized spacial score (nSPS) is 16.7. The second kappa shape index (κ2) is 8.73. The molecule has 1 fully saturated rings. The number of nitrogens with zero attached hydrogens (tertiary/aromatic N) is 2. The molecule has 1 N–H and O–H groups in total. The Hall–Kier alpha value is -2.51. The van der Waals surface area contributed by atoms with E-state index in [-0.39, 0.29) is 42.3 Å². The highest BCUT2D eigenvalue weighted by Crippen LogP contribution is 2.24. The van der Waals surface area contributed by atoms with Crippen molar-refractivity contribution in [2.75, 3.05) is 19.6 Å². The number of amides is 1. The standard InChI is InChI=1S/C18H18FN3O3.ClH/c19-15-3-1-2-14(11-15)17-12-20-8-9-21(17)18(23)10-13-4-6-16(7-5-13)22(24)25;/h1-7,11,17,20H,8-10,12H2;1H. The van der Waals surface area contributed by atoms with E-state index in [1.807, 2.05) is 6.07 Å². The van der Waals surface area contributed by atoms with E-state index in [1.54, 1.807) is 23.1 Å². The van der Waals surface area contributed by atoms with Gasteiger partial charge in [-0.2, -0.15) is 0 Å². The zero-order chi connectivity index (χ0) is 17.8. The monoisotopic (exact) mass is 379 g/mol. The van der Waals surface area contributed by atoms with Gasteiger partial charge in [0, 0.05) is 31.8 Å². The lowest BCUT2D eigenvalue weighted by atomic mass is 10.0. The van der Waals surface area contributed by atoms with Gasteiger partial charge in [-0.25, -0.2) is 4.39 Å². The molecule has 3 rings (SSSR count). The largest absolute Gasteiger partial charge is 0.333 e. The van der Waals surface area contributed by atoms with Gasteiger partial charge >= 0.3 is 0 Å². The smallest absolute Gasteiger partial charge is 0.269 e. The number of nitrogens with one attached hydrogen (secondary N) is 1. The summed E-state index contributed by atoms with van der Waals surface area (Å²) in [6.07, 6.45) is 0.157. The lowest BCUT2D eigenvalue weighted by molar-refractivity contribution is -0.384. The number of nitro benzene ring substituents is 1. The van der Waals surface area contributed by atoms with Crippen LogP contribution in [0.1, 0.15) is 17.2 Å². The third-order valence-electron chi connectivity index (χ3n) is 4.30. The molecule has 0 aliphatic carbocycles. The molecule has 1 amide bonds. The molecule has 1 saturated heterocycles. The second-order valence-electron chi connectivity index (χ2n) is 5.96. The number of hydrogen-bond acceptors (Lipinski definition) is 4. The van der Waals surface area contributed by atoms with Crippen molar-refractivity contribution in [3.05, 3.63) is 75.6 Å². The van der Waals surface area contributed by atoms with Crippen LogP contribution >= 0.6 is 12.4 Å². The average Bonchev–Trinajstić information content (AvgIpc) is 2.62. The predicted octanol–water partition coefficient (Wildman–Crippen LogP) is 2.87. The Balaban J connectivity index is 0.00000243. The van der Waals surface area contributed by atoms with Gasteiger partial charge in [0.25, 0.3) is 5.69 Å². The van der Waals surface area contributed by atoms with E-state index in [2.05, 4.69) is 5.32 Å². The zero-order valence-corrected chi connectivity index (χ0v) is 14.7. The van der Waals surface area contributed by atoms with E-state index >= 15 is 0 Å². The van der Waals surface area contributed by atoms with E-state index < -0.39 is 4.92 Å². The molecule has 0 aromatic heterocycles. The third kappa shape index (κ3) is 4.56. The maximum atomic E-state index is 13.5. The van der Waals surface area contributed by atoms with Crippen molar-refractivity contribution in [2.45, 2.75) is 12.5 Å². The van der Waals surface area contributed by atoms with E-state index in [9.17, 15) is 19.3 Å². The van der Waals surface area contributed by atoms with E-state index in [0.717, 1.165) is 5.56 Å². The van der Waals surface area contributed by atoms with Crippen molar-refractivity contribution in [1.82, 2.24) is 10.2 Å². The van der Waals surface area contributed by atoms with Crippen LogP contribution in [0.25, 0.3) is 0 Å². The molecule has 0 bridgehead atoms. The topological polar surface area (TPSA) is 75.5 Å². The number of hydrogen-bond donors (Lipinski definition) is 1. The van der Waals surface area contributed by atoms with Crippen LogP contribution in [0, 0.1) is 15.9 Å². The first kappa shape index (κ1) is 19.8. The Morgan fingerprint density at radius 3 is 2.65 bits per heavy atom. The number of piperazine rings is 1. The van der Waals surface area contributed by atoms with Crippen LogP contribution in [0.2, 0.25) is 0 Å². The van der Waals surface area contributed by atoms with Crippen molar-refractivity contribution < 1.29 is 14.1 Å². The van der Waals surface area contributed by atoms with Crippen LogP contribution < -0.4 is 5.32 Å². The molecule has 1 aliphatic heterocycles. The van der Waals surface area contributed by atoms with Crippen LogP contribution in [0.3, 0.4) is 0 Å². The molecule has 2 aromatic rings. The summed E-state index contributed by atoms with van der Waals surface area (Å²) in [4.78, 5) is 24.7. The number of benzene rings is 2. The molecule has 1 heterocycles. The highest BCUT2D eigenvalue weighted by molar-refractivity contribution is 5.85. The SMILES string of the molecule is Cl.O=C(Cc1ccc([N+](=O)[O-])cc1)N1CCNCC1c1cccc(F)c1. The fraction of sp³-hybridized carbons (Fsp3) is 0.278. The Morgan fingerprint density at radius 2 is 2.00 bits per heavy atom. The van der Waals surface area contributed by atoms with E-state index in [4.69, 9.17) is 0 Å². The molecule has 1 atom stereocenters. The van der Waals surface area contributed by atoms with Crippen molar-refractivity contribution in [2.24, 2.45) is 0 Å². The molecule has 0 saturated carbocycles. The van der Waals surface area contributed by atoms with Gasteiger partial charge in [0.2, 0.25) is 5.91 Å². The maximum Gasteiger partial charge on any atom is 0.269 e. The average molecular weight is 380 g/mol. The summed E-state index contributed by atoms with van der Waals surface area (Å²) in [6, 6.07) is 12.0. The summed E-state index contributed by atoms with van der Waals surface area (Å²) >= 11 is 0. The zero-order valence-electron chi connectivity index (χ0n) is 13.9. The predicted molar refractivity (Wildman–Crippen MR) is 97.8 cm³/mol. The number of carbonyl (C=O) groups excluding carboxylic acids is 1. The quantitative estimate of drug-likeness (QED) is 0.654. The fourth-order valence-electron chi connectivity index (χ4n) is 3.03. The Kier molecular flexibility index (Phi) is 6.65. The maximum absolute atomic E-state index is 13.5. The Morgan fingerprint density at radius 1 is 1.27 bits per heavy atom. The first-order chi connectivity index (χ1) is 12.0. The minimum Gasteiger partial charge on any atom is -0.333 e. The minimum atomic E-state index is -0.470. The molecular formula is C18H19ClFN3O3. The van der Waals surface area contributed by atoms with Crippen LogP contribution in [0.5, 0.6) is 0 Å². The Labute approximate surface area is 156 Å². The summed E-state index contributed by atoms with van der Waals surface area (Å²) in [5.74, 6) is -0.407. The molecule has 0 radical (unpaired) electrons. The van der Waals surface area contributed by atoms with Gasteiger partial charge in [-0.05, 0) is 23.3 Å². The minimum absolute atomic E-state index is 0. The molecule has 138 valence electrons. The van der Waals surface area contributed by atoms with Crippen molar-refractivity contribution in [3.8, 4) is 0 Å². The van der Waals surface area contributed by atoms with Crippen molar-refractivity contribution in [3.63, 3.8) is 0 Å². The molecule has 1 unspecified atom stereocenters. The molecule has 1 aliphatic rings. The summed E-state index contributed by atoms with van der Waals surface area (Å²) < 4.78 is 13.5. The highest BCUT2D eigenvalue weighted by atomic mass is 35.5. The number of nitro groups is 1. The third-order valence-corrected chi connectivity index (χ3v) is 4.30. The lowest BCUT2D eigenvalue weighted by Gasteiger charge is -2.36. The second-order valence-corrected chi connectivity index (χ2v) is 5.96. The van der Waals surface area contributed by atoms with Crippen molar-refractivity contribution >= 4 is 24.0 Å². The van der Waals surface area contributed by atoms with E-state index in [1.165, 1.54) is 24.3 Å². The number of rotatable bonds is 4. The van der Waals surface area contributed by atoms with Crippen LogP contribution in [-0.2, 0) is 11.2 Å². The van der Waals surface area contributed by atoms with Gasteiger partial charge in [-0.1, -0.05) is 24.3 Å². The number of halogens is 2. The van der Waals surface area contributed by atoms with Gasteiger partial charge in [0.1, 0.15) is 5.82 Å². The molecule has 2 aromatic carbocycles. The molecule has 6 nitrogen and oxygen atoms in total. The van der Waals surface area contributed by atoms with Gasteiger partial charge in [-0.3, -0.25) is 14.9 Å². The van der Waals surface area contributed by atoms with Crippen LogP contribution in [-0.4, -0.2) is 35.4 Å². The molecule has 0 spiro atoms. The van der Waals surface area contributed by atoms with Gasteiger partial charge < -0.3 is 10.2 Å². The molecule has 8 heteroatoms. The highest BCUT2D eigenvalue weighted by Gasteiger charge is 2.28. The first-order valence-electron chi connectivity index (χ1n) is 8.03. The fourth-order valence-corrected chi connectivity index (χ4v) is 3.03. The summed E-state index contributed by atoms with van der Waals surface area (Å²) in [6.45, 7) is 1.78. The van der Waals surface area contributed by atoms with E-state index in [0.29, 0.717) is 25.2 Å². The van der Waals surface area contributed by atoms with Crippen molar-refractivity contribution in [1.29, 1.82) is 0 Å². The van der Waals surface area contributed by atoms with Gasteiger partial charge in [0.05, 0.1) is 17.4 Å². The Bertz CT molecular complexity index is 786. The summed E-state index contributed by atoms with van der Waals surface area (Å²) in [7, 11) is 0. The van der Waals surface area contributed by atoms with Gasteiger partial charge in [0.15, 0.2) is 0 Å². The van der Waals surface area contributed by atoms with Crippen LogP contribution in [0.4, 0.5) is 10.1 Å². The molecular weight excluding hydrogens is 361 g/mol. The lowest BCUT2D eigenvalue weighted by Crippen LogP contribution is -2.49. The first-order valence-corrected chi connectivity index (χ1v) is 8.03. The summed E-state index contributed by atoms with van der Waals surface area (Å²) in [5.41, 5.74) is 1.47. The van der Waals surface area contributed by atoms with Gasteiger partial charge in [-0.15, -0.1) is 12.4 Å². The number of non-ortho nitro benzene ring substituents is 1. The van der Waals surface area contributed by atoms with Crippen LogP contribution in [0.15, 0.2) is 48.5 Å². The molecule has 26 heavy (non-hydrogen) atoms. The summed E-state index contributed by atoms with van der Waals surface area (Å²) in [5, 5.41) is 13.9.